The maximum absolute atomic E-state index is 12.9. The van der Waals surface area contributed by atoms with Gasteiger partial charge in [0.2, 0.25) is 0 Å². The third kappa shape index (κ3) is 63.3. The van der Waals surface area contributed by atoms with Crippen molar-refractivity contribution in [1.82, 2.24) is 0 Å². The molecule has 77 heavy (non-hydrogen) atoms. The molecule has 0 aromatic carbocycles. The van der Waals surface area contributed by atoms with Crippen molar-refractivity contribution in [2.75, 3.05) is 13.2 Å². The number of hydrogen-bond donors (Lipinski definition) is 0. The van der Waals surface area contributed by atoms with Crippen LogP contribution in [0.2, 0.25) is 0 Å². The smallest absolute Gasteiger partial charge is 0.306 e. The molecule has 6 nitrogen and oxygen atoms in total. The minimum absolute atomic E-state index is 0.0843. The predicted octanol–water partition coefficient (Wildman–Crippen LogP) is 22.7. The zero-order valence-corrected chi connectivity index (χ0v) is 51.0. The first-order valence-electron chi connectivity index (χ1n) is 33.1. The molecule has 0 amide bonds. The van der Waals surface area contributed by atoms with Crippen LogP contribution in [0, 0.1) is 0 Å². The van der Waals surface area contributed by atoms with Crippen LogP contribution in [0.4, 0.5) is 0 Å². The highest BCUT2D eigenvalue weighted by atomic mass is 16.6. The highest BCUT2D eigenvalue weighted by Gasteiger charge is 2.19. The van der Waals surface area contributed by atoms with E-state index in [9.17, 15) is 14.4 Å². The molecule has 0 radical (unpaired) electrons. The van der Waals surface area contributed by atoms with Crippen molar-refractivity contribution in [3.8, 4) is 0 Å². The Labute approximate surface area is 477 Å². The first-order valence-corrected chi connectivity index (χ1v) is 33.1. The molecule has 0 aromatic rings. The van der Waals surface area contributed by atoms with Gasteiger partial charge in [-0.1, -0.05) is 273 Å². The SMILES string of the molecule is CCCCC/C=C\C/C=C\C/C=C\CCCCCCCCC(=O)OC(COC(=O)CCCCCCC/C=C\CCCCCC)COC(=O)CCCCCCCCCCCCCC/C=C\C/C=C\C/C=C\CCCCCCC. The van der Waals surface area contributed by atoms with Crippen LogP contribution < -0.4 is 0 Å². The fourth-order valence-corrected chi connectivity index (χ4v) is 9.33. The molecule has 0 bridgehead atoms. The number of allylic oxidation sites excluding steroid dienone is 14. The van der Waals surface area contributed by atoms with E-state index < -0.39 is 6.10 Å². The van der Waals surface area contributed by atoms with Crippen LogP contribution in [0.25, 0.3) is 0 Å². The van der Waals surface area contributed by atoms with Gasteiger partial charge in [0.25, 0.3) is 0 Å². The highest BCUT2D eigenvalue weighted by Crippen LogP contribution is 2.16. The van der Waals surface area contributed by atoms with Crippen LogP contribution in [-0.2, 0) is 28.6 Å². The molecule has 0 heterocycles. The lowest BCUT2D eigenvalue weighted by atomic mass is 10.0. The number of esters is 3. The summed E-state index contributed by atoms with van der Waals surface area (Å²) in [6, 6.07) is 0. The maximum Gasteiger partial charge on any atom is 0.306 e. The first-order chi connectivity index (χ1) is 38.0. The van der Waals surface area contributed by atoms with Gasteiger partial charge in [0.05, 0.1) is 0 Å². The summed E-state index contributed by atoms with van der Waals surface area (Å²) in [5.74, 6) is -0.896. The number of unbranched alkanes of at least 4 members (excludes halogenated alkanes) is 35. The third-order valence-corrected chi connectivity index (χ3v) is 14.3. The second-order valence-corrected chi connectivity index (χ2v) is 22.0. The number of ether oxygens (including phenoxy) is 3. The molecule has 0 aliphatic carbocycles. The van der Waals surface area contributed by atoms with Gasteiger partial charge in [0.15, 0.2) is 6.10 Å². The second kappa shape index (κ2) is 65.1. The van der Waals surface area contributed by atoms with Crippen molar-refractivity contribution in [2.24, 2.45) is 0 Å². The molecule has 0 saturated carbocycles. The van der Waals surface area contributed by atoms with Crippen LogP contribution in [0.1, 0.15) is 329 Å². The quantitative estimate of drug-likeness (QED) is 0.0261. The Bertz CT molecular complexity index is 1470. The summed E-state index contributed by atoms with van der Waals surface area (Å²) in [5, 5.41) is 0. The zero-order valence-electron chi connectivity index (χ0n) is 51.0. The van der Waals surface area contributed by atoms with E-state index in [0.29, 0.717) is 19.3 Å². The highest BCUT2D eigenvalue weighted by molar-refractivity contribution is 5.71. The van der Waals surface area contributed by atoms with Gasteiger partial charge in [-0.05, 0) is 122 Å². The number of hydrogen-bond acceptors (Lipinski definition) is 6. The Morgan fingerprint density at radius 3 is 0.779 bits per heavy atom. The summed E-state index contributed by atoms with van der Waals surface area (Å²) in [7, 11) is 0. The topological polar surface area (TPSA) is 78.9 Å². The molecule has 0 aliphatic rings. The van der Waals surface area contributed by atoms with E-state index in [1.54, 1.807) is 0 Å². The van der Waals surface area contributed by atoms with Crippen molar-refractivity contribution in [3.63, 3.8) is 0 Å². The van der Waals surface area contributed by atoms with Gasteiger partial charge in [0, 0.05) is 19.3 Å². The lowest BCUT2D eigenvalue weighted by molar-refractivity contribution is -0.167. The van der Waals surface area contributed by atoms with Gasteiger partial charge in [-0.15, -0.1) is 0 Å². The summed E-state index contributed by atoms with van der Waals surface area (Å²) in [5.41, 5.74) is 0. The summed E-state index contributed by atoms with van der Waals surface area (Å²) in [6.07, 6.45) is 85.9. The fourth-order valence-electron chi connectivity index (χ4n) is 9.33. The van der Waals surface area contributed by atoms with Crippen molar-refractivity contribution < 1.29 is 28.6 Å². The Hall–Kier alpha value is -3.41. The standard InChI is InChI=1S/C71H124O6/c1-4-7-10-13-16-19-22-25-27-29-31-32-33-34-35-36-37-38-40-41-43-46-49-52-55-58-61-64-70(73)76-67-68(66-75-69(72)63-60-57-54-51-48-45-24-21-18-15-12-9-6-3)77-71(74)65-62-59-56-53-50-47-44-42-39-30-28-26-23-20-17-14-11-8-5-2/h17,20-22,24-26,28-29,31,33-34,39,42,68H,4-16,18-19,23,27,30,32,35-38,40-41,43-67H2,1-3H3/b20-17-,24-21-,25-22-,28-26-,31-29-,34-33-,42-39-. The molecule has 0 aromatic heterocycles. The molecule has 0 N–H and O–H groups in total. The summed E-state index contributed by atoms with van der Waals surface area (Å²) < 4.78 is 16.9. The first kappa shape index (κ1) is 73.6. The van der Waals surface area contributed by atoms with Crippen molar-refractivity contribution >= 4 is 17.9 Å². The molecule has 0 fully saturated rings. The van der Waals surface area contributed by atoms with Crippen molar-refractivity contribution in [2.45, 2.75) is 335 Å². The lowest BCUT2D eigenvalue weighted by Crippen LogP contribution is -2.30. The van der Waals surface area contributed by atoms with Crippen LogP contribution in [0.5, 0.6) is 0 Å². The Kier molecular flexibility index (Phi) is 62.2. The number of carbonyl (C=O) groups excluding carboxylic acids is 3. The molecule has 0 saturated heterocycles. The third-order valence-electron chi connectivity index (χ3n) is 14.3. The van der Waals surface area contributed by atoms with E-state index in [0.717, 1.165) is 103 Å². The van der Waals surface area contributed by atoms with Gasteiger partial charge in [-0.2, -0.15) is 0 Å². The van der Waals surface area contributed by atoms with E-state index in [2.05, 4.69) is 106 Å². The molecule has 0 spiro atoms. The Morgan fingerprint density at radius 1 is 0.260 bits per heavy atom. The van der Waals surface area contributed by atoms with Crippen molar-refractivity contribution in [3.05, 3.63) is 85.1 Å². The lowest BCUT2D eigenvalue weighted by Gasteiger charge is -2.18. The van der Waals surface area contributed by atoms with E-state index in [1.807, 2.05) is 0 Å². The normalized spacial score (nSPS) is 12.6. The average Bonchev–Trinajstić information content (AvgIpc) is 3.43. The van der Waals surface area contributed by atoms with Gasteiger partial charge >= 0.3 is 17.9 Å². The predicted molar refractivity (Wildman–Crippen MR) is 334 cm³/mol. The molecule has 1 atom stereocenters. The number of carbonyl (C=O) groups is 3. The van der Waals surface area contributed by atoms with E-state index in [1.165, 1.54) is 186 Å². The van der Waals surface area contributed by atoms with E-state index in [4.69, 9.17) is 14.2 Å². The second-order valence-electron chi connectivity index (χ2n) is 22.0. The fraction of sp³-hybridized carbons (Fsp3) is 0.761. The minimum Gasteiger partial charge on any atom is -0.462 e. The molecule has 0 aliphatic heterocycles. The largest absolute Gasteiger partial charge is 0.462 e. The Morgan fingerprint density at radius 2 is 0.468 bits per heavy atom. The van der Waals surface area contributed by atoms with Gasteiger partial charge in [-0.25, -0.2) is 0 Å². The molecular formula is C71H124O6. The molecule has 1 unspecified atom stereocenters. The van der Waals surface area contributed by atoms with E-state index >= 15 is 0 Å². The average molecular weight is 1070 g/mol. The van der Waals surface area contributed by atoms with Gasteiger partial charge in [0.1, 0.15) is 13.2 Å². The maximum atomic E-state index is 12.9. The van der Waals surface area contributed by atoms with Gasteiger partial charge < -0.3 is 14.2 Å². The monoisotopic (exact) mass is 1070 g/mol. The van der Waals surface area contributed by atoms with Crippen LogP contribution >= 0.6 is 0 Å². The van der Waals surface area contributed by atoms with Gasteiger partial charge in [-0.3, -0.25) is 14.4 Å². The molecule has 0 rings (SSSR count). The van der Waals surface area contributed by atoms with Crippen LogP contribution in [0.3, 0.4) is 0 Å². The molecule has 6 heteroatoms. The summed E-state index contributed by atoms with van der Waals surface area (Å²) in [6.45, 7) is 6.60. The minimum atomic E-state index is -0.789. The van der Waals surface area contributed by atoms with E-state index in [-0.39, 0.29) is 31.1 Å². The molecular weight excluding hydrogens is 949 g/mol. The Balaban J connectivity index is 4.31. The van der Waals surface area contributed by atoms with Crippen LogP contribution in [-0.4, -0.2) is 37.2 Å². The summed E-state index contributed by atoms with van der Waals surface area (Å²) in [4.78, 5) is 38.3. The van der Waals surface area contributed by atoms with Crippen LogP contribution in [0.15, 0.2) is 85.1 Å². The molecule has 444 valence electrons. The zero-order chi connectivity index (χ0) is 55.7. The van der Waals surface area contributed by atoms with Crippen molar-refractivity contribution in [1.29, 1.82) is 0 Å². The number of rotatable bonds is 60. The summed E-state index contributed by atoms with van der Waals surface area (Å²) >= 11 is 0.